The normalized spacial score (nSPS) is 32.9. The number of aliphatic hydroxyl groups excluding tert-OH is 1. The summed E-state index contributed by atoms with van der Waals surface area (Å²) in [7, 11) is 0. The van der Waals surface area contributed by atoms with Gasteiger partial charge in [-0.15, -0.1) is 6.58 Å². The summed E-state index contributed by atoms with van der Waals surface area (Å²) in [6.07, 6.45) is 6.76. The van der Waals surface area contributed by atoms with E-state index in [0.29, 0.717) is 24.7 Å². The number of aliphatic carboxylic acids is 1. The summed E-state index contributed by atoms with van der Waals surface area (Å²) in [5.74, 6) is -0.775. The van der Waals surface area contributed by atoms with Crippen molar-refractivity contribution in [2.45, 2.75) is 43.9 Å². The number of pyridine rings is 1. The summed E-state index contributed by atoms with van der Waals surface area (Å²) in [6, 6.07) is 10.3. The molecule has 8 heteroatoms. The molecule has 2 aromatic rings. The number of hydrogen-bond acceptors (Lipinski definition) is 6. The van der Waals surface area contributed by atoms with E-state index in [9.17, 15) is 14.7 Å². The van der Waals surface area contributed by atoms with Crippen LogP contribution in [0.1, 0.15) is 37.4 Å². The molecule has 1 aliphatic carbocycles. The van der Waals surface area contributed by atoms with Crippen molar-refractivity contribution in [2.24, 2.45) is 23.7 Å². The van der Waals surface area contributed by atoms with Crippen molar-refractivity contribution in [3.05, 3.63) is 62.2 Å². The summed E-state index contributed by atoms with van der Waals surface area (Å²) < 4.78 is 4.84. The van der Waals surface area contributed by atoms with Crippen LogP contribution in [0.2, 0.25) is 0 Å². The molecule has 4 saturated heterocycles. The van der Waals surface area contributed by atoms with E-state index < -0.39 is 18.0 Å². The first-order valence-electron chi connectivity index (χ1n) is 11.8. The first-order valence-corrected chi connectivity index (χ1v) is 11.8. The molecule has 1 radical (unpaired) electrons. The standard InChI is InChI=1S/C19H22N2O.C7H8O4.CH3.V/c1-2-13-12-21-10-8-14(13)11-18(21)19(22)16-7-9-20-17-6-4-3-5-15(16)17;8-6(9)4-1-3-2-5(4)7(10)11-3;;/h2-7,9,13-14,18-19,22H,1,8,10-12H2;3-5H,1-2H2,(H,8,9);1H3;/q;;-1;/t13?,14?,18?,19-;;;/m1.../s1. The zero-order chi connectivity index (χ0) is 23.1. The maximum absolute atomic E-state index is 11.0. The molecule has 0 amide bonds. The number of ether oxygens (including phenoxy) is 1. The van der Waals surface area contributed by atoms with Gasteiger partial charge in [-0.05, 0) is 61.8 Å². The van der Waals surface area contributed by atoms with Gasteiger partial charge in [-0.1, -0.05) is 24.3 Å². The van der Waals surface area contributed by atoms with Gasteiger partial charge in [0, 0.05) is 42.7 Å². The number of carboxylic acid groups (broad SMARTS) is 1. The molecule has 1 saturated carbocycles. The van der Waals surface area contributed by atoms with Crippen molar-refractivity contribution in [2.75, 3.05) is 13.1 Å². The van der Waals surface area contributed by atoms with Gasteiger partial charge < -0.3 is 22.4 Å². The van der Waals surface area contributed by atoms with Gasteiger partial charge in [0.15, 0.2) is 0 Å². The maximum atomic E-state index is 11.0. The van der Waals surface area contributed by atoms with Crippen LogP contribution in [-0.4, -0.2) is 57.3 Å². The molecule has 1 aromatic heterocycles. The van der Waals surface area contributed by atoms with Gasteiger partial charge in [-0.2, -0.15) is 0 Å². The van der Waals surface area contributed by atoms with E-state index in [2.05, 4.69) is 28.6 Å². The summed E-state index contributed by atoms with van der Waals surface area (Å²) in [4.78, 5) is 28.2. The topological polar surface area (TPSA) is 100.0 Å². The van der Waals surface area contributed by atoms with Crippen molar-refractivity contribution >= 4 is 22.8 Å². The second-order valence-electron chi connectivity index (χ2n) is 9.69. The molecule has 35 heavy (non-hydrogen) atoms. The number of fused-ring (bicyclic) bond motifs is 6. The predicted molar refractivity (Wildman–Crippen MR) is 129 cm³/mol. The second kappa shape index (κ2) is 11.3. The van der Waals surface area contributed by atoms with E-state index >= 15 is 0 Å². The van der Waals surface area contributed by atoms with Gasteiger partial charge in [0.1, 0.15) is 6.10 Å². The molecule has 0 spiro atoms. The molecule has 5 aliphatic rings. The molecule has 1 aromatic carbocycles. The Balaban J connectivity index is 0.000000224. The van der Waals surface area contributed by atoms with Crippen molar-refractivity contribution in [3.63, 3.8) is 0 Å². The van der Waals surface area contributed by atoms with Gasteiger partial charge in [-0.25, -0.2) is 0 Å². The van der Waals surface area contributed by atoms with E-state index in [4.69, 9.17) is 9.84 Å². The SMILES string of the molecule is C=CC1CN2CCC1CC2[C@H](O)c1ccnc2ccccc12.O=C(O)C1CC2CC1C(=O)O2.[CH3-].[V]. The molecule has 7 nitrogen and oxygen atoms in total. The molecule has 8 atom stereocenters. The number of carbonyl (C=O) groups is 2. The molecular formula is C27H33N2O5V-. The zero-order valence-corrected chi connectivity index (χ0v) is 21.4. The molecule has 187 valence electrons. The summed E-state index contributed by atoms with van der Waals surface area (Å²) >= 11 is 0. The number of aliphatic hydroxyl groups is 1. The summed E-state index contributed by atoms with van der Waals surface area (Å²) in [5.41, 5.74) is 1.97. The van der Waals surface area contributed by atoms with Crippen molar-refractivity contribution in [1.29, 1.82) is 0 Å². The number of carbonyl (C=O) groups excluding carboxylic acids is 1. The van der Waals surface area contributed by atoms with Crippen LogP contribution in [0.4, 0.5) is 0 Å². The Morgan fingerprint density at radius 3 is 2.60 bits per heavy atom. The largest absolute Gasteiger partial charge is 0.481 e. The number of aromatic nitrogens is 1. The fraction of sp³-hybridized carbons (Fsp3) is 0.481. The Bertz CT molecular complexity index is 1070. The number of esters is 1. The fourth-order valence-electron chi connectivity index (χ4n) is 6.16. The second-order valence-corrected chi connectivity index (χ2v) is 9.69. The zero-order valence-electron chi connectivity index (χ0n) is 20.0. The monoisotopic (exact) mass is 516 g/mol. The third-order valence-electron chi connectivity index (χ3n) is 7.94. The predicted octanol–water partition coefficient (Wildman–Crippen LogP) is 3.63. The molecular weight excluding hydrogens is 483 g/mol. The Hall–Kier alpha value is -2.19. The number of rotatable bonds is 4. The van der Waals surface area contributed by atoms with Crippen LogP contribution in [0.5, 0.6) is 0 Å². The van der Waals surface area contributed by atoms with Crippen LogP contribution < -0.4 is 0 Å². The Kier molecular flexibility index (Phi) is 8.81. The number of benzene rings is 1. The summed E-state index contributed by atoms with van der Waals surface area (Å²) in [5, 5.41) is 20.7. The van der Waals surface area contributed by atoms with Crippen LogP contribution in [0.3, 0.4) is 0 Å². The minimum atomic E-state index is -0.867. The van der Waals surface area contributed by atoms with Gasteiger partial charge in [-0.3, -0.25) is 19.5 Å². The van der Waals surface area contributed by atoms with Crippen LogP contribution in [-0.2, 0) is 32.9 Å². The van der Waals surface area contributed by atoms with Crippen LogP contribution in [0, 0.1) is 31.1 Å². The van der Waals surface area contributed by atoms with Crippen LogP contribution in [0.25, 0.3) is 10.9 Å². The molecule has 7 rings (SSSR count). The number of piperidine rings is 3. The molecule has 4 aliphatic heterocycles. The minimum Gasteiger partial charge on any atom is -0.481 e. The smallest absolute Gasteiger partial charge is 0.310 e. The third kappa shape index (κ3) is 5.19. The Morgan fingerprint density at radius 2 is 2.00 bits per heavy atom. The van der Waals surface area contributed by atoms with Gasteiger partial charge in [0.25, 0.3) is 0 Å². The van der Waals surface area contributed by atoms with Gasteiger partial charge in [0.05, 0.1) is 23.5 Å². The molecule has 2 N–H and O–H groups in total. The van der Waals surface area contributed by atoms with Crippen LogP contribution in [0.15, 0.2) is 49.2 Å². The van der Waals surface area contributed by atoms with Crippen molar-refractivity contribution in [3.8, 4) is 0 Å². The molecule has 5 heterocycles. The number of carboxylic acids is 1. The molecule has 5 fully saturated rings. The van der Waals surface area contributed by atoms with Gasteiger partial charge in [0.2, 0.25) is 0 Å². The van der Waals surface area contributed by atoms with E-state index in [1.165, 1.54) is 6.42 Å². The van der Waals surface area contributed by atoms with E-state index in [0.717, 1.165) is 36.0 Å². The van der Waals surface area contributed by atoms with Gasteiger partial charge >= 0.3 is 11.9 Å². The van der Waals surface area contributed by atoms with E-state index in [1.807, 2.05) is 30.5 Å². The van der Waals surface area contributed by atoms with Crippen LogP contribution >= 0.6 is 0 Å². The number of nitrogens with zero attached hydrogens (tertiary/aromatic N) is 2. The molecule has 4 bridgehead atoms. The third-order valence-corrected chi connectivity index (χ3v) is 7.94. The average Bonchev–Trinajstić information content (AvgIpc) is 3.44. The first-order chi connectivity index (χ1) is 16.0. The minimum absolute atomic E-state index is 0. The van der Waals surface area contributed by atoms with Crippen molar-refractivity contribution in [1.82, 2.24) is 9.88 Å². The number of hydrogen-bond donors (Lipinski definition) is 2. The Labute approximate surface area is 218 Å². The average molecular weight is 517 g/mol. The van der Waals surface area contributed by atoms with E-state index in [-0.39, 0.29) is 50.0 Å². The number of para-hydroxylation sites is 1. The van der Waals surface area contributed by atoms with E-state index in [1.54, 1.807) is 0 Å². The Morgan fingerprint density at radius 1 is 1.23 bits per heavy atom. The fourth-order valence-corrected chi connectivity index (χ4v) is 6.16. The quantitative estimate of drug-likeness (QED) is 0.364. The van der Waals surface area contributed by atoms with Crippen molar-refractivity contribution < 1.29 is 43.1 Å². The maximum Gasteiger partial charge on any atom is 0.310 e. The summed E-state index contributed by atoms with van der Waals surface area (Å²) in [6.45, 7) is 6.11. The first kappa shape index (κ1) is 27.4. The molecule has 7 unspecified atom stereocenters.